The number of imidazole rings is 1. The molecule has 2 N–H and O–H groups in total. The quantitative estimate of drug-likeness (QED) is 0.518. The summed E-state index contributed by atoms with van der Waals surface area (Å²) in [5.74, 6) is 1.43. The number of hydrogen-bond donors (Lipinski definition) is 2. The zero-order valence-corrected chi connectivity index (χ0v) is 17.3. The van der Waals surface area contributed by atoms with Crippen LogP contribution in [0.2, 0.25) is 0 Å². The Hall–Kier alpha value is -2.84. The van der Waals surface area contributed by atoms with Crippen molar-refractivity contribution in [3.05, 3.63) is 46.0 Å². The van der Waals surface area contributed by atoms with Gasteiger partial charge in [0, 0.05) is 23.4 Å². The number of nitrogens with one attached hydrogen (secondary N) is 2. The summed E-state index contributed by atoms with van der Waals surface area (Å²) in [6.45, 7) is 6.55. The van der Waals surface area contributed by atoms with Crippen LogP contribution in [-0.4, -0.2) is 32.4 Å². The second kappa shape index (κ2) is 6.89. The van der Waals surface area contributed by atoms with Gasteiger partial charge in [-0.1, -0.05) is 0 Å². The lowest BCUT2D eigenvalue weighted by Gasteiger charge is -2.05. The Balaban J connectivity index is 1.44. The van der Waals surface area contributed by atoms with Gasteiger partial charge in [0.1, 0.15) is 22.6 Å². The van der Waals surface area contributed by atoms with Crippen molar-refractivity contribution in [1.82, 2.24) is 19.9 Å². The molecule has 0 saturated carbocycles. The summed E-state index contributed by atoms with van der Waals surface area (Å²) in [6, 6.07) is 5.70. The third kappa shape index (κ3) is 3.18. The van der Waals surface area contributed by atoms with Crippen molar-refractivity contribution in [2.45, 2.75) is 39.7 Å². The molecular weight excluding hydrogens is 386 g/mol. The molecular formula is C21H21N5O2S. The number of aromatic amines is 1. The molecule has 5 rings (SSSR count). The van der Waals surface area contributed by atoms with Crippen LogP contribution in [0.5, 0.6) is 0 Å². The van der Waals surface area contributed by atoms with Crippen LogP contribution in [0.4, 0.5) is 5.69 Å². The molecule has 1 fully saturated rings. The fourth-order valence-electron chi connectivity index (χ4n) is 3.93. The van der Waals surface area contributed by atoms with Gasteiger partial charge >= 0.3 is 0 Å². The highest BCUT2D eigenvalue weighted by atomic mass is 32.1. The Labute approximate surface area is 171 Å². The molecule has 0 aliphatic carbocycles. The normalized spacial score (nSPS) is 16.7. The fourth-order valence-corrected chi connectivity index (χ4v) is 5.10. The number of amides is 1. The number of anilines is 1. The largest absolute Gasteiger partial charge is 0.370 e. The summed E-state index contributed by atoms with van der Waals surface area (Å²) < 4.78 is 5.71. The van der Waals surface area contributed by atoms with E-state index >= 15 is 0 Å². The summed E-state index contributed by atoms with van der Waals surface area (Å²) in [5.41, 5.74) is 4.30. The SMILES string of the molecule is Cc1nc(C)c2c(C)c(C(=O)Nc3ccc4nc(C5CCCO5)[nH]c4c3)sc2n1. The smallest absolute Gasteiger partial charge is 0.266 e. The van der Waals surface area contributed by atoms with Crippen LogP contribution in [-0.2, 0) is 4.74 Å². The number of carbonyl (C=O) groups excluding carboxylic acids is 1. The van der Waals surface area contributed by atoms with Gasteiger partial charge in [-0.25, -0.2) is 15.0 Å². The van der Waals surface area contributed by atoms with Crippen molar-refractivity contribution in [2.24, 2.45) is 0 Å². The van der Waals surface area contributed by atoms with E-state index in [0.717, 1.165) is 69.3 Å². The number of rotatable bonds is 3. The van der Waals surface area contributed by atoms with Gasteiger partial charge in [-0.2, -0.15) is 0 Å². The average Bonchev–Trinajstić information content (AvgIpc) is 3.39. The highest BCUT2D eigenvalue weighted by molar-refractivity contribution is 7.20. The first-order chi connectivity index (χ1) is 14.0. The maximum absolute atomic E-state index is 13.0. The molecule has 29 heavy (non-hydrogen) atoms. The molecule has 0 spiro atoms. The highest BCUT2D eigenvalue weighted by Gasteiger charge is 2.22. The highest BCUT2D eigenvalue weighted by Crippen LogP contribution is 2.32. The minimum absolute atomic E-state index is 0.0365. The third-order valence-corrected chi connectivity index (χ3v) is 6.47. The first kappa shape index (κ1) is 18.2. The van der Waals surface area contributed by atoms with Crippen molar-refractivity contribution < 1.29 is 9.53 Å². The second-order valence-electron chi connectivity index (χ2n) is 7.40. The molecule has 1 unspecified atom stereocenters. The number of fused-ring (bicyclic) bond motifs is 2. The van der Waals surface area contributed by atoms with E-state index in [-0.39, 0.29) is 12.0 Å². The fraction of sp³-hybridized carbons (Fsp3) is 0.333. The Morgan fingerprint density at radius 3 is 2.90 bits per heavy atom. The van der Waals surface area contributed by atoms with Gasteiger partial charge in [0.25, 0.3) is 5.91 Å². The molecule has 0 bridgehead atoms. The standard InChI is InChI=1S/C21H21N5O2S/c1-10-17-11(2)22-12(3)23-21(17)29-18(10)20(27)24-13-6-7-14-15(9-13)26-19(25-14)16-5-4-8-28-16/h6-7,9,16H,4-5,8H2,1-3H3,(H,24,27)(H,25,26). The number of aromatic nitrogens is 4. The van der Waals surface area contributed by atoms with E-state index in [2.05, 4.69) is 25.3 Å². The van der Waals surface area contributed by atoms with Crippen molar-refractivity contribution >= 4 is 44.2 Å². The summed E-state index contributed by atoms with van der Waals surface area (Å²) in [5, 5.41) is 3.98. The van der Waals surface area contributed by atoms with Crippen LogP contribution >= 0.6 is 11.3 Å². The molecule has 1 atom stereocenters. The van der Waals surface area contributed by atoms with Crippen LogP contribution in [0, 0.1) is 20.8 Å². The lowest BCUT2D eigenvalue weighted by atomic mass is 10.1. The molecule has 4 heterocycles. The molecule has 1 amide bonds. The number of H-pyrrole nitrogens is 1. The molecule has 1 aliphatic heterocycles. The maximum atomic E-state index is 13.0. The zero-order chi connectivity index (χ0) is 20.1. The topological polar surface area (TPSA) is 92.8 Å². The van der Waals surface area contributed by atoms with E-state index < -0.39 is 0 Å². The minimum Gasteiger partial charge on any atom is -0.370 e. The van der Waals surface area contributed by atoms with Crippen LogP contribution in [0.25, 0.3) is 21.3 Å². The molecule has 1 aliphatic rings. The monoisotopic (exact) mass is 407 g/mol. The number of carbonyl (C=O) groups is 1. The Morgan fingerprint density at radius 1 is 1.24 bits per heavy atom. The molecule has 148 valence electrons. The lowest BCUT2D eigenvalue weighted by Crippen LogP contribution is -2.11. The van der Waals surface area contributed by atoms with Gasteiger partial charge < -0.3 is 15.0 Å². The number of ether oxygens (including phenoxy) is 1. The Bertz CT molecular complexity index is 1250. The summed E-state index contributed by atoms with van der Waals surface area (Å²) in [7, 11) is 0. The number of hydrogen-bond acceptors (Lipinski definition) is 6. The van der Waals surface area contributed by atoms with E-state index in [1.807, 2.05) is 39.0 Å². The predicted octanol–water partition coefficient (Wildman–Crippen LogP) is 4.60. The van der Waals surface area contributed by atoms with Gasteiger partial charge in [0.2, 0.25) is 0 Å². The van der Waals surface area contributed by atoms with Gasteiger partial charge in [-0.15, -0.1) is 11.3 Å². The van der Waals surface area contributed by atoms with E-state index in [1.54, 1.807) is 0 Å². The molecule has 1 aromatic carbocycles. The first-order valence-electron chi connectivity index (χ1n) is 9.66. The molecule has 1 saturated heterocycles. The number of benzene rings is 1. The average molecular weight is 407 g/mol. The number of nitrogens with zero attached hydrogens (tertiary/aromatic N) is 3. The van der Waals surface area contributed by atoms with Gasteiger partial charge in [-0.05, 0) is 57.4 Å². The predicted molar refractivity (Wildman–Crippen MR) is 114 cm³/mol. The van der Waals surface area contributed by atoms with Crippen LogP contribution in [0.1, 0.15) is 51.5 Å². The molecule has 8 heteroatoms. The molecule has 0 radical (unpaired) electrons. The van der Waals surface area contributed by atoms with Crippen molar-refractivity contribution in [1.29, 1.82) is 0 Å². The van der Waals surface area contributed by atoms with Gasteiger partial charge in [-0.3, -0.25) is 4.79 Å². The van der Waals surface area contributed by atoms with Gasteiger partial charge in [0.15, 0.2) is 0 Å². The zero-order valence-electron chi connectivity index (χ0n) is 16.5. The van der Waals surface area contributed by atoms with E-state index in [4.69, 9.17) is 4.74 Å². The third-order valence-electron chi connectivity index (χ3n) is 5.28. The van der Waals surface area contributed by atoms with E-state index in [0.29, 0.717) is 4.88 Å². The molecule has 7 nitrogen and oxygen atoms in total. The number of aryl methyl sites for hydroxylation is 3. The summed E-state index contributed by atoms with van der Waals surface area (Å²) in [4.78, 5) is 31.4. The minimum atomic E-state index is -0.138. The Kier molecular flexibility index (Phi) is 4.33. The first-order valence-corrected chi connectivity index (χ1v) is 10.5. The molecule has 3 aromatic heterocycles. The van der Waals surface area contributed by atoms with E-state index in [1.165, 1.54) is 11.3 Å². The van der Waals surface area contributed by atoms with Crippen molar-refractivity contribution in [2.75, 3.05) is 11.9 Å². The number of thiophene rings is 1. The summed E-state index contributed by atoms with van der Waals surface area (Å²) in [6.07, 6.45) is 2.08. The lowest BCUT2D eigenvalue weighted by molar-refractivity contribution is 0.103. The summed E-state index contributed by atoms with van der Waals surface area (Å²) >= 11 is 1.40. The van der Waals surface area contributed by atoms with E-state index in [9.17, 15) is 4.79 Å². The maximum Gasteiger partial charge on any atom is 0.266 e. The van der Waals surface area contributed by atoms with Crippen molar-refractivity contribution in [3.8, 4) is 0 Å². The van der Waals surface area contributed by atoms with Crippen molar-refractivity contribution in [3.63, 3.8) is 0 Å². The van der Waals surface area contributed by atoms with Gasteiger partial charge in [0.05, 0.1) is 15.9 Å². The van der Waals surface area contributed by atoms with Crippen LogP contribution in [0.15, 0.2) is 18.2 Å². The second-order valence-corrected chi connectivity index (χ2v) is 8.40. The van der Waals surface area contributed by atoms with Crippen LogP contribution < -0.4 is 5.32 Å². The van der Waals surface area contributed by atoms with Crippen LogP contribution in [0.3, 0.4) is 0 Å². The molecule has 4 aromatic rings. The Morgan fingerprint density at radius 2 is 2.10 bits per heavy atom.